The minimum absolute atomic E-state index is 0.0612. The molecule has 0 saturated heterocycles. The highest BCUT2D eigenvalue weighted by atomic mass is 19.4. The van der Waals surface area contributed by atoms with Crippen molar-refractivity contribution in [3.8, 4) is 5.88 Å². The Balaban J connectivity index is 1.85. The second-order valence-corrected chi connectivity index (χ2v) is 6.17. The molecule has 1 aromatic carbocycles. The van der Waals surface area contributed by atoms with Gasteiger partial charge in [-0.2, -0.15) is 18.3 Å². The van der Waals surface area contributed by atoms with Gasteiger partial charge in [-0.15, -0.1) is 0 Å². The molecule has 0 saturated carbocycles. The van der Waals surface area contributed by atoms with Crippen molar-refractivity contribution in [2.45, 2.75) is 26.1 Å². The van der Waals surface area contributed by atoms with Crippen LogP contribution in [0.5, 0.6) is 5.88 Å². The lowest BCUT2D eigenvalue weighted by molar-refractivity contribution is -0.154. The summed E-state index contributed by atoms with van der Waals surface area (Å²) in [7, 11) is 0. The predicted octanol–water partition coefficient (Wildman–Crippen LogP) is 3.39. The number of ether oxygens (including phenoxy) is 1. The number of benzene rings is 1. The van der Waals surface area contributed by atoms with E-state index in [0.717, 1.165) is 0 Å². The van der Waals surface area contributed by atoms with Crippen LogP contribution in [-0.2, 0) is 6.54 Å². The third-order valence-electron chi connectivity index (χ3n) is 3.90. The normalized spacial score (nSPS) is 11.4. The molecule has 152 valence electrons. The standard InChI is InChI=1S/C19H17F3N4O3/c1-2-9-26-18(28)14-6-4-3-5-13(14)16(25-26)17(27)24-12-7-8-15(23-10-12)29-11-19(20,21)22/h3-8,10H,2,9,11H2,1H3,(H,24,27). The number of carbonyl (C=O) groups is 1. The van der Waals surface area contributed by atoms with E-state index in [4.69, 9.17) is 0 Å². The lowest BCUT2D eigenvalue weighted by atomic mass is 10.1. The molecule has 1 N–H and O–H groups in total. The Morgan fingerprint density at radius 3 is 2.52 bits per heavy atom. The van der Waals surface area contributed by atoms with Gasteiger partial charge in [-0.1, -0.05) is 25.1 Å². The second kappa shape index (κ2) is 8.29. The van der Waals surface area contributed by atoms with Gasteiger partial charge < -0.3 is 10.1 Å². The molecule has 0 fully saturated rings. The maximum Gasteiger partial charge on any atom is 0.422 e. The Bertz CT molecular complexity index is 1080. The molecule has 0 bridgehead atoms. The molecule has 10 heteroatoms. The topological polar surface area (TPSA) is 86.1 Å². The van der Waals surface area contributed by atoms with Gasteiger partial charge in [0.1, 0.15) is 0 Å². The van der Waals surface area contributed by atoms with Crippen LogP contribution in [0.4, 0.5) is 18.9 Å². The van der Waals surface area contributed by atoms with E-state index in [1.165, 1.54) is 23.0 Å². The quantitative estimate of drug-likeness (QED) is 0.678. The lowest BCUT2D eigenvalue weighted by Gasteiger charge is -2.11. The number of rotatable bonds is 6. The number of hydrogen-bond acceptors (Lipinski definition) is 5. The molecule has 0 spiro atoms. The van der Waals surface area contributed by atoms with E-state index in [0.29, 0.717) is 23.7 Å². The van der Waals surface area contributed by atoms with Crippen LogP contribution in [0.1, 0.15) is 23.8 Å². The summed E-state index contributed by atoms with van der Waals surface area (Å²) in [6, 6.07) is 9.22. The maximum absolute atomic E-state index is 12.7. The summed E-state index contributed by atoms with van der Waals surface area (Å²) in [5.74, 6) is -0.794. The fourth-order valence-corrected chi connectivity index (χ4v) is 2.65. The van der Waals surface area contributed by atoms with Crippen molar-refractivity contribution in [1.29, 1.82) is 0 Å². The van der Waals surface area contributed by atoms with Gasteiger partial charge >= 0.3 is 6.18 Å². The molecular weight excluding hydrogens is 389 g/mol. The molecule has 7 nitrogen and oxygen atoms in total. The zero-order valence-electron chi connectivity index (χ0n) is 15.4. The van der Waals surface area contributed by atoms with Crippen molar-refractivity contribution in [3.05, 3.63) is 58.6 Å². The van der Waals surface area contributed by atoms with Crippen molar-refractivity contribution in [2.24, 2.45) is 0 Å². The minimum Gasteiger partial charge on any atom is -0.468 e. The molecule has 3 aromatic rings. The third-order valence-corrected chi connectivity index (χ3v) is 3.90. The zero-order chi connectivity index (χ0) is 21.0. The largest absolute Gasteiger partial charge is 0.468 e. The Kier molecular flexibility index (Phi) is 5.81. The summed E-state index contributed by atoms with van der Waals surface area (Å²) in [4.78, 5) is 29.0. The molecular formula is C19H17F3N4O3. The molecule has 0 aliphatic carbocycles. The Morgan fingerprint density at radius 2 is 1.90 bits per heavy atom. The molecule has 0 aliphatic rings. The number of halogens is 3. The van der Waals surface area contributed by atoms with E-state index in [9.17, 15) is 22.8 Å². The molecule has 0 unspecified atom stereocenters. The number of nitrogens with one attached hydrogen (secondary N) is 1. The third kappa shape index (κ3) is 4.89. The smallest absolute Gasteiger partial charge is 0.422 e. The molecule has 0 atom stereocenters. The molecule has 2 aromatic heterocycles. The zero-order valence-corrected chi connectivity index (χ0v) is 15.4. The van der Waals surface area contributed by atoms with Gasteiger partial charge in [-0.3, -0.25) is 9.59 Å². The van der Waals surface area contributed by atoms with Crippen molar-refractivity contribution in [3.63, 3.8) is 0 Å². The van der Waals surface area contributed by atoms with Crippen LogP contribution in [0.2, 0.25) is 0 Å². The summed E-state index contributed by atoms with van der Waals surface area (Å²) in [5, 5.41) is 7.54. The predicted molar refractivity (Wildman–Crippen MR) is 100 cm³/mol. The number of nitrogens with zero attached hydrogens (tertiary/aromatic N) is 3. The Labute approximate surface area is 163 Å². The number of alkyl halides is 3. The summed E-state index contributed by atoms with van der Waals surface area (Å²) < 4.78 is 42.3. The Morgan fingerprint density at radius 1 is 1.17 bits per heavy atom. The van der Waals surface area contributed by atoms with Gasteiger partial charge in [0.05, 0.1) is 17.3 Å². The summed E-state index contributed by atoms with van der Waals surface area (Å²) >= 11 is 0. The van der Waals surface area contributed by atoms with Crippen LogP contribution >= 0.6 is 0 Å². The van der Waals surface area contributed by atoms with Crippen molar-refractivity contribution >= 4 is 22.4 Å². The highest BCUT2D eigenvalue weighted by Gasteiger charge is 2.28. The van der Waals surface area contributed by atoms with Crippen LogP contribution in [0, 0.1) is 0 Å². The summed E-state index contributed by atoms with van der Waals surface area (Å²) in [6.07, 6.45) is -2.63. The van der Waals surface area contributed by atoms with E-state index in [1.807, 2.05) is 6.92 Å². The Hall–Kier alpha value is -3.43. The number of fused-ring (bicyclic) bond motifs is 1. The first kappa shape index (κ1) is 20.3. The fourth-order valence-electron chi connectivity index (χ4n) is 2.65. The highest BCUT2D eigenvalue weighted by Crippen LogP contribution is 2.19. The first-order valence-electron chi connectivity index (χ1n) is 8.75. The number of anilines is 1. The fraction of sp³-hybridized carbons (Fsp3) is 0.263. The average Bonchev–Trinajstić information content (AvgIpc) is 2.69. The van der Waals surface area contributed by atoms with E-state index in [2.05, 4.69) is 20.1 Å². The number of amides is 1. The van der Waals surface area contributed by atoms with E-state index in [-0.39, 0.29) is 22.8 Å². The van der Waals surface area contributed by atoms with Gasteiger partial charge in [-0.25, -0.2) is 9.67 Å². The number of aromatic nitrogens is 3. The molecule has 0 radical (unpaired) electrons. The van der Waals surface area contributed by atoms with Crippen molar-refractivity contribution in [2.75, 3.05) is 11.9 Å². The maximum atomic E-state index is 12.7. The molecule has 3 rings (SSSR count). The van der Waals surface area contributed by atoms with Crippen LogP contribution < -0.4 is 15.6 Å². The van der Waals surface area contributed by atoms with E-state index < -0.39 is 18.7 Å². The van der Waals surface area contributed by atoms with Gasteiger partial charge in [0.15, 0.2) is 12.3 Å². The van der Waals surface area contributed by atoms with Gasteiger partial charge in [0, 0.05) is 18.0 Å². The molecule has 2 heterocycles. The van der Waals surface area contributed by atoms with Crippen molar-refractivity contribution in [1.82, 2.24) is 14.8 Å². The second-order valence-electron chi connectivity index (χ2n) is 6.17. The van der Waals surface area contributed by atoms with Crippen LogP contribution in [-0.4, -0.2) is 33.5 Å². The van der Waals surface area contributed by atoms with Crippen molar-refractivity contribution < 1.29 is 22.7 Å². The van der Waals surface area contributed by atoms with Gasteiger partial charge in [0.2, 0.25) is 5.88 Å². The number of carbonyl (C=O) groups excluding carboxylic acids is 1. The summed E-state index contributed by atoms with van der Waals surface area (Å²) in [5.41, 5.74) is 0.0198. The first-order valence-corrected chi connectivity index (χ1v) is 8.75. The average molecular weight is 406 g/mol. The van der Waals surface area contributed by atoms with Gasteiger partial charge in [0.25, 0.3) is 11.5 Å². The molecule has 29 heavy (non-hydrogen) atoms. The SMILES string of the molecule is CCCn1nc(C(=O)Nc2ccc(OCC(F)(F)F)nc2)c2ccccc2c1=O. The summed E-state index contributed by atoms with van der Waals surface area (Å²) in [6.45, 7) is 0.786. The monoisotopic (exact) mass is 406 g/mol. The number of pyridine rings is 1. The first-order chi connectivity index (χ1) is 13.8. The van der Waals surface area contributed by atoms with Crippen LogP contribution in [0.3, 0.4) is 0 Å². The van der Waals surface area contributed by atoms with E-state index in [1.54, 1.807) is 24.3 Å². The van der Waals surface area contributed by atoms with Crippen LogP contribution in [0.25, 0.3) is 10.8 Å². The van der Waals surface area contributed by atoms with Gasteiger partial charge in [-0.05, 0) is 18.6 Å². The van der Waals surface area contributed by atoms with E-state index >= 15 is 0 Å². The molecule has 1 amide bonds. The molecule has 0 aliphatic heterocycles. The van der Waals surface area contributed by atoms with Crippen LogP contribution in [0.15, 0.2) is 47.4 Å². The number of aryl methyl sites for hydroxylation is 1. The minimum atomic E-state index is -4.47. The lowest BCUT2D eigenvalue weighted by Crippen LogP contribution is -2.27. The highest BCUT2D eigenvalue weighted by molar-refractivity contribution is 6.11. The number of hydrogen-bond donors (Lipinski definition) is 1.